The van der Waals surface area contributed by atoms with Gasteiger partial charge in [0, 0.05) is 11.2 Å². The van der Waals surface area contributed by atoms with E-state index in [1.807, 2.05) is 58.0 Å². The van der Waals surface area contributed by atoms with E-state index in [0.29, 0.717) is 24.9 Å². The summed E-state index contributed by atoms with van der Waals surface area (Å²) in [5, 5.41) is 16.6. The molecular formula is C30H45N3O5. The van der Waals surface area contributed by atoms with Crippen LogP contribution in [0.15, 0.2) is 30.3 Å². The number of para-hydroxylation sites is 1. The molecule has 210 valence electrons. The van der Waals surface area contributed by atoms with Crippen LogP contribution in [0, 0.1) is 23.2 Å². The molecule has 38 heavy (non-hydrogen) atoms. The third kappa shape index (κ3) is 5.34. The first-order valence-corrected chi connectivity index (χ1v) is 14.0. The van der Waals surface area contributed by atoms with Crippen LogP contribution in [0.3, 0.4) is 0 Å². The van der Waals surface area contributed by atoms with Gasteiger partial charge >= 0.3 is 0 Å². The highest BCUT2D eigenvalue weighted by molar-refractivity contribution is 6.02. The minimum atomic E-state index is -1.09. The molecule has 0 aromatic heterocycles. The maximum absolute atomic E-state index is 14.2. The van der Waals surface area contributed by atoms with E-state index in [1.54, 1.807) is 4.90 Å². The lowest BCUT2D eigenvalue weighted by Crippen LogP contribution is -2.61. The van der Waals surface area contributed by atoms with Crippen molar-refractivity contribution in [3.05, 3.63) is 30.3 Å². The first-order chi connectivity index (χ1) is 17.7. The minimum Gasteiger partial charge on any atom is -0.394 e. The van der Waals surface area contributed by atoms with Crippen LogP contribution in [-0.2, 0) is 19.1 Å². The molecule has 4 rings (SSSR count). The second kappa shape index (κ2) is 10.3. The Morgan fingerprint density at radius 2 is 1.79 bits per heavy atom. The van der Waals surface area contributed by atoms with Gasteiger partial charge < -0.3 is 25.4 Å². The Kier molecular flexibility index (Phi) is 7.71. The quantitative estimate of drug-likeness (QED) is 0.454. The first-order valence-electron chi connectivity index (χ1n) is 14.0. The lowest BCUT2D eigenvalue weighted by atomic mass is 9.70. The van der Waals surface area contributed by atoms with Gasteiger partial charge in [0.05, 0.1) is 30.6 Å². The van der Waals surface area contributed by atoms with Crippen LogP contribution < -0.4 is 10.6 Å². The van der Waals surface area contributed by atoms with Crippen LogP contribution >= 0.6 is 0 Å². The zero-order chi connectivity index (χ0) is 28.0. The van der Waals surface area contributed by atoms with Crippen molar-refractivity contribution >= 4 is 23.4 Å². The van der Waals surface area contributed by atoms with Gasteiger partial charge in [0.2, 0.25) is 17.7 Å². The number of ether oxygens (including phenoxy) is 1. The molecule has 3 heterocycles. The number of anilines is 1. The molecule has 8 heteroatoms. The summed E-state index contributed by atoms with van der Waals surface area (Å²) in [5.41, 5.74) is -0.974. The predicted octanol–water partition coefficient (Wildman–Crippen LogP) is 3.74. The fourth-order valence-corrected chi connectivity index (χ4v) is 7.42. The molecule has 2 bridgehead atoms. The van der Waals surface area contributed by atoms with E-state index in [0.717, 1.165) is 6.42 Å². The Morgan fingerprint density at radius 3 is 2.37 bits per heavy atom. The lowest BCUT2D eigenvalue weighted by molar-refractivity contribution is -0.146. The number of amides is 3. The molecule has 6 atom stereocenters. The number of hydrogen-bond donors (Lipinski definition) is 3. The summed E-state index contributed by atoms with van der Waals surface area (Å²) >= 11 is 0. The van der Waals surface area contributed by atoms with Crippen molar-refractivity contribution in [2.24, 2.45) is 23.2 Å². The van der Waals surface area contributed by atoms with E-state index < -0.39 is 41.2 Å². The molecule has 0 aliphatic carbocycles. The topological polar surface area (TPSA) is 108 Å². The van der Waals surface area contributed by atoms with Crippen LogP contribution in [0.1, 0.15) is 74.1 Å². The largest absolute Gasteiger partial charge is 0.394 e. The number of nitrogens with one attached hydrogen (secondary N) is 2. The predicted molar refractivity (Wildman–Crippen MR) is 146 cm³/mol. The monoisotopic (exact) mass is 527 g/mol. The SMILES string of the molecule is CC(C)C[C@H](CO)N1C(=O)[C@@H]2[C@@H](C(=O)Nc3ccccc3)[C@H]3CCC2(O3)C1C(=O)NC(C)(C)CC(C)(C)C. The Labute approximate surface area is 226 Å². The normalized spacial score (nSPS) is 29.5. The Morgan fingerprint density at radius 1 is 1.13 bits per heavy atom. The number of carbonyl (C=O) groups excluding carboxylic acids is 3. The number of carbonyl (C=O) groups is 3. The molecule has 3 amide bonds. The number of hydrogen-bond acceptors (Lipinski definition) is 5. The summed E-state index contributed by atoms with van der Waals surface area (Å²) in [7, 11) is 0. The van der Waals surface area contributed by atoms with Crippen molar-refractivity contribution in [1.82, 2.24) is 10.2 Å². The van der Waals surface area contributed by atoms with E-state index in [-0.39, 0.29) is 35.7 Å². The zero-order valence-electron chi connectivity index (χ0n) is 23.9. The molecule has 3 fully saturated rings. The highest BCUT2D eigenvalue weighted by Crippen LogP contribution is 2.59. The number of aliphatic hydroxyl groups excluding tert-OH is 1. The Balaban J connectivity index is 1.70. The molecule has 0 radical (unpaired) electrons. The molecule has 8 nitrogen and oxygen atoms in total. The fraction of sp³-hybridized carbons (Fsp3) is 0.700. The maximum Gasteiger partial charge on any atom is 0.246 e. The Hall–Kier alpha value is -2.45. The number of fused-ring (bicyclic) bond motifs is 1. The van der Waals surface area contributed by atoms with Gasteiger partial charge in [0.15, 0.2) is 0 Å². The fourth-order valence-electron chi connectivity index (χ4n) is 7.42. The summed E-state index contributed by atoms with van der Waals surface area (Å²) in [6, 6.07) is 7.73. The standard InChI is InChI=1S/C30H45N3O5/c1-18(2)15-20(16-34)33-24(26(36)32-29(6,7)17-28(3,4)5)30-14-13-21(38-30)22(23(30)27(33)37)25(35)31-19-11-9-8-10-12-19/h8-12,18,20-24,34H,13-17H2,1-7H3,(H,31,35)(H,32,36)/t20-,21-,22+,23+,24?,30?/m1/s1. The third-order valence-electron chi connectivity index (χ3n) is 8.11. The summed E-state index contributed by atoms with van der Waals surface area (Å²) in [5.74, 6) is -2.07. The molecule has 3 aliphatic rings. The van der Waals surface area contributed by atoms with Gasteiger partial charge in [-0.15, -0.1) is 0 Å². The smallest absolute Gasteiger partial charge is 0.246 e. The van der Waals surface area contributed by atoms with Crippen LogP contribution in [0.2, 0.25) is 0 Å². The minimum absolute atomic E-state index is 0.0169. The van der Waals surface area contributed by atoms with E-state index in [2.05, 4.69) is 31.4 Å². The van der Waals surface area contributed by atoms with Crippen molar-refractivity contribution in [2.45, 2.75) is 103 Å². The van der Waals surface area contributed by atoms with Crippen molar-refractivity contribution in [3.8, 4) is 0 Å². The van der Waals surface area contributed by atoms with Gasteiger partial charge in [-0.3, -0.25) is 14.4 Å². The summed E-state index contributed by atoms with van der Waals surface area (Å²) in [4.78, 5) is 43.5. The highest BCUT2D eigenvalue weighted by Gasteiger charge is 2.75. The maximum atomic E-state index is 14.2. The molecule has 3 aliphatic heterocycles. The van der Waals surface area contributed by atoms with E-state index in [1.165, 1.54) is 0 Å². The second-order valence-corrected chi connectivity index (χ2v) is 13.7. The van der Waals surface area contributed by atoms with Crippen LogP contribution in [0.25, 0.3) is 0 Å². The number of likely N-dealkylation sites (tertiary alicyclic amines) is 1. The average molecular weight is 528 g/mol. The second-order valence-electron chi connectivity index (χ2n) is 13.7. The Bertz CT molecular complexity index is 1050. The van der Waals surface area contributed by atoms with Crippen molar-refractivity contribution in [2.75, 3.05) is 11.9 Å². The van der Waals surface area contributed by atoms with Crippen LogP contribution in [0.4, 0.5) is 5.69 Å². The highest BCUT2D eigenvalue weighted by atomic mass is 16.5. The lowest BCUT2D eigenvalue weighted by Gasteiger charge is -2.40. The molecule has 1 aromatic rings. The van der Waals surface area contributed by atoms with E-state index in [4.69, 9.17) is 4.74 Å². The zero-order valence-corrected chi connectivity index (χ0v) is 23.9. The molecule has 1 aromatic carbocycles. The van der Waals surface area contributed by atoms with Crippen LogP contribution in [-0.4, -0.2) is 63.7 Å². The third-order valence-corrected chi connectivity index (χ3v) is 8.11. The summed E-state index contributed by atoms with van der Waals surface area (Å²) < 4.78 is 6.54. The van der Waals surface area contributed by atoms with Crippen molar-refractivity contribution in [3.63, 3.8) is 0 Å². The van der Waals surface area contributed by atoms with E-state index in [9.17, 15) is 19.5 Å². The number of nitrogens with zero attached hydrogens (tertiary/aromatic N) is 1. The van der Waals surface area contributed by atoms with Crippen molar-refractivity contribution < 1.29 is 24.2 Å². The molecule has 2 unspecified atom stereocenters. The number of benzene rings is 1. The first kappa shape index (κ1) is 28.6. The summed E-state index contributed by atoms with van der Waals surface area (Å²) in [6.07, 6.45) is 1.99. The number of rotatable bonds is 9. The molecule has 3 saturated heterocycles. The molecular weight excluding hydrogens is 482 g/mol. The van der Waals surface area contributed by atoms with Gasteiger partial charge in [-0.1, -0.05) is 52.8 Å². The van der Waals surface area contributed by atoms with Gasteiger partial charge in [-0.2, -0.15) is 0 Å². The van der Waals surface area contributed by atoms with E-state index >= 15 is 0 Å². The molecule has 3 N–H and O–H groups in total. The van der Waals surface area contributed by atoms with Gasteiger partial charge in [-0.25, -0.2) is 0 Å². The van der Waals surface area contributed by atoms with Crippen LogP contribution in [0.5, 0.6) is 0 Å². The van der Waals surface area contributed by atoms with Gasteiger partial charge in [0.25, 0.3) is 0 Å². The summed E-state index contributed by atoms with van der Waals surface area (Å²) in [6.45, 7) is 14.2. The van der Waals surface area contributed by atoms with Gasteiger partial charge in [-0.05, 0) is 63.0 Å². The number of aliphatic hydroxyl groups is 1. The van der Waals surface area contributed by atoms with Gasteiger partial charge in [0.1, 0.15) is 11.6 Å². The molecule has 0 saturated carbocycles. The average Bonchev–Trinajstić information content (AvgIpc) is 3.43. The van der Waals surface area contributed by atoms with Crippen molar-refractivity contribution in [1.29, 1.82) is 0 Å². The molecule has 1 spiro atoms.